The van der Waals surface area contributed by atoms with Gasteiger partial charge < -0.3 is 0 Å². The third kappa shape index (κ3) is 2.39. The summed E-state index contributed by atoms with van der Waals surface area (Å²) in [6, 6.07) is 8.97. The van der Waals surface area contributed by atoms with Crippen molar-refractivity contribution in [1.29, 1.82) is 0 Å². The standard InChI is InChI=1S/C15H10Cl2F2N2/c1-8(16)15-20-14-11(18)3-2-4-13(14)21(15)9-5-6-10(17)12(19)7-9/h2-8H,1H3. The van der Waals surface area contributed by atoms with Crippen molar-refractivity contribution in [2.75, 3.05) is 0 Å². The number of aromatic nitrogens is 2. The first-order chi connectivity index (χ1) is 9.99. The maximum Gasteiger partial charge on any atom is 0.151 e. The Hall–Kier alpha value is -1.65. The van der Waals surface area contributed by atoms with E-state index in [9.17, 15) is 8.78 Å². The normalized spacial score (nSPS) is 12.8. The highest BCUT2D eigenvalue weighted by molar-refractivity contribution is 6.30. The topological polar surface area (TPSA) is 17.8 Å². The maximum atomic E-state index is 13.9. The first-order valence-corrected chi connectivity index (χ1v) is 7.07. The summed E-state index contributed by atoms with van der Waals surface area (Å²) >= 11 is 11.8. The summed E-state index contributed by atoms with van der Waals surface area (Å²) in [5.74, 6) is -0.557. The van der Waals surface area contributed by atoms with Crippen LogP contribution in [-0.2, 0) is 0 Å². The molecule has 1 unspecified atom stereocenters. The fraction of sp³-hybridized carbons (Fsp3) is 0.133. The molecule has 1 aromatic heterocycles. The van der Waals surface area contributed by atoms with E-state index in [-0.39, 0.29) is 10.5 Å². The molecule has 0 N–H and O–H groups in total. The summed E-state index contributed by atoms with van der Waals surface area (Å²) in [5.41, 5.74) is 1.22. The summed E-state index contributed by atoms with van der Waals surface area (Å²) < 4.78 is 29.2. The lowest BCUT2D eigenvalue weighted by Gasteiger charge is -2.11. The highest BCUT2D eigenvalue weighted by atomic mass is 35.5. The van der Waals surface area contributed by atoms with E-state index in [1.165, 1.54) is 18.2 Å². The smallest absolute Gasteiger partial charge is 0.151 e. The van der Waals surface area contributed by atoms with Crippen molar-refractivity contribution in [3.8, 4) is 5.69 Å². The molecule has 1 heterocycles. The van der Waals surface area contributed by atoms with Crippen molar-refractivity contribution in [1.82, 2.24) is 9.55 Å². The summed E-state index contributed by atoms with van der Waals surface area (Å²) in [6.45, 7) is 1.73. The predicted octanol–water partition coefficient (Wildman–Crippen LogP) is 5.26. The average Bonchev–Trinajstić information content (AvgIpc) is 2.83. The first-order valence-electron chi connectivity index (χ1n) is 6.25. The predicted molar refractivity (Wildman–Crippen MR) is 80.3 cm³/mol. The van der Waals surface area contributed by atoms with Crippen LogP contribution in [-0.4, -0.2) is 9.55 Å². The molecule has 1 atom stereocenters. The van der Waals surface area contributed by atoms with Crippen molar-refractivity contribution >= 4 is 34.2 Å². The summed E-state index contributed by atoms with van der Waals surface area (Å²) in [7, 11) is 0. The molecule has 3 aromatic rings. The van der Waals surface area contributed by atoms with Gasteiger partial charge in [0.15, 0.2) is 5.82 Å². The number of imidazole rings is 1. The molecular weight excluding hydrogens is 317 g/mol. The van der Waals surface area contributed by atoms with Crippen LogP contribution in [0.25, 0.3) is 16.7 Å². The van der Waals surface area contributed by atoms with Gasteiger partial charge in [-0.2, -0.15) is 0 Å². The van der Waals surface area contributed by atoms with E-state index in [0.29, 0.717) is 17.0 Å². The Bertz CT molecular complexity index is 828. The van der Waals surface area contributed by atoms with Crippen LogP contribution < -0.4 is 0 Å². The maximum absolute atomic E-state index is 13.9. The number of halogens is 4. The second kappa shape index (κ2) is 5.28. The number of fused-ring (bicyclic) bond motifs is 1. The SMILES string of the molecule is CC(Cl)c1nc2c(F)cccc2n1-c1ccc(Cl)c(F)c1. The summed E-state index contributed by atoms with van der Waals surface area (Å²) in [5, 5.41) is -0.439. The molecule has 3 rings (SSSR count). The lowest BCUT2D eigenvalue weighted by molar-refractivity contribution is 0.627. The molecule has 0 saturated carbocycles. The quantitative estimate of drug-likeness (QED) is 0.587. The van der Waals surface area contributed by atoms with Crippen LogP contribution in [0.5, 0.6) is 0 Å². The number of para-hydroxylation sites is 1. The highest BCUT2D eigenvalue weighted by Crippen LogP contribution is 2.30. The number of benzene rings is 2. The van der Waals surface area contributed by atoms with Crippen LogP contribution in [0.2, 0.25) is 5.02 Å². The molecular formula is C15H10Cl2F2N2. The summed E-state index contributed by atoms with van der Waals surface area (Å²) in [6.07, 6.45) is 0. The monoisotopic (exact) mass is 326 g/mol. The third-order valence-corrected chi connectivity index (χ3v) is 3.68. The fourth-order valence-corrected chi connectivity index (χ4v) is 2.51. The first kappa shape index (κ1) is 14.3. The minimum Gasteiger partial charge on any atom is -0.295 e. The molecule has 0 fully saturated rings. The number of alkyl halides is 1. The van der Waals surface area contributed by atoms with Crippen molar-refractivity contribution in [2.45, 2.75) is 12.3 Å². The van der Waals surface area contributed by atoms with Gasteiger partial charge in [0, 0.05) is 0 Å². The zero-order chi connectivity index (χ0) is 15.1. The second-order valence-corrected chi connectivity index (χ2v) is 5.69. The van der Waals surface area contributed by atoms with Crippen LogP contribution >= 0.6 is 23.2 Å². The van der Waals surface area contributed by atoms with Gasteiger partial charge in [-0.25, -0.2) is 13.8 Å². The molecule has 2 nitrogen and oxygen atoms in total. The largest absolute Gasteiger partial charge is 0.295 e. The molecule has 2 aromatic carbocycles. The van der Waals surface area contributed by atoms with Gasteiger partial charge in [0.1, 0.15) is 17.2 Å². The van der Waals surface area contributed by atoms with E-state index in [0.717, 1.165) is 0 Å². The lowest BCUT2D eigenvalue weighted by atomic mass is 10.2. The number of rotatable bonds is 2. The average molecular weight is 327 g/mol. The molecule has 0 amide bonds. The van der Waals surface area contributed by atoms with E-state index in [1.807, 2.05) is 0 Å². The van der Waals surface area contributed by atoms with E-state index < -0.39 is 17.0 Å². The zero-order valence-electron chi connectivity index (χ0n) is 10.9. The minimum absolute atomic E-state index is 0.0230. The van der Waals surface area contributed by atoms with Gasteiger partial charge in [-0.05, 0) is 37.3 Å². The molecule has 0 aliphatic carbocycles. The fourth-order valence-electron chi connectivity index (χ4n) is 2.25. The molecule has 0 saturated heterocycles. The Morgan fingerprint density at radius 3 is 2.57 bits per heavy atom. The van der Waals surface area contributed by atoms with Crippen LogP contribution in [0.4, 0.5) is 8.78 Å². The molecule has 0 spiro atoms. The van der Waals surface area contributed by atoms with Crippen molar-refractivity contribution in [2.24, 2.45) is 0 Å². The highest BCUT2D eigenvalue weighted by Gasteiger charge is 2.19. The van der Waals surface area contributed by atoms with Crippen LogP contribution in [0, 0.1) is 11.6 Å². The van der Waals surface area contributed by atoms with Crippen LogP contribution in [0.1, 0.15) is 18.1 Å². The Labute approximate surface area is 129 Å². The third-order valence-electron chi connectivity index (χ3n) is 3.18. The number of hydrogen-bond donors (Lipinski definition) is 0. The number of nitrogens with zero attached hydrogens (tertiary/aromatic N) is 2. The molecule has 108 valence electrons. The van der Waals surface area contributed by atoms with E-state index >= 15 is 0 Å². The van der Waals surface area contributed by atoms with E-state index in [2.05, 4.69) is 4.98 Å². The van der Waals surface area contributed by atoms with Gasteiger partial charge >= 0.3 is 0 Å². The van der Waals surface area contributed by atoms with E-state index in [4.69, 9.17) is 23.2 Å². The van der Waals surface area contributed by atoms with Gasteiger partial charge in [0.05, 0.1) is 21.6 Å². The van der Waals surface area contributed by atoms with Crippen LogP contribution in [0.15, 0.2) is 36.4 Å². The van der Waals surface area contributed by atoms with Crippen molar-refractivity contribution < 1.29 is 8.78 Å². The molecule has 0 bridgehead atoms. The molecule has 0 aliphatic rings. The van der Waals surface area contributed by atoms with Crippen molar-refractivity contribution in [3.63, 3.8) is 0 Å². The van der Waals surface area contributed by atoms with Gasteiger partial charge in [0.25, 0.3) is 0 Å². The Morgan fingerprint density at radius 2 is 1.90 bits per heavy atom. The zero-order valence-corrected chi connectivity index (χ0v) is 12.5. The Kier molecular flexibility index (Phi) is 3.59. The van der Waals surface area contributed by atoms with E-state index in [1.54, 1.807) is 29.7 Å². The molecule has 0 aliphatic heterocycles. The lowest BCUT2D eigenvalue weighted by Crippen LogP contribution is -2.02. The second-order valence-electron chi connectivity index (χ2n) is 4.63. The molecule has 21 heavy (non-hydrogen) atoms. The van der Waals surface area contributed by atoms with Gasteiger partial charge in [-0.15, -0.1) is 11.6 Å². The van der Waals surface area contributed by atoms with Gasteiger partial charge in [-0.3, -0.25) is 4.57 Å². The number of hydrogen-bond acceptors (Lipinski definition) is 1. The molecule has 6 heteroatoms. The Morgan fingerprint density at radius 1 is 1.14 bits per heavy atom. The van der Waals surface area contributed by atoms with Crippen LogP contribution in [0.3, 0.4) is 0 Å². The van der Waals surface area contributed by atoms with Crippen molar-refractivity contribution in [3.05, 3.63) is 58.9 Å². The molecule has 0 radical (unpaired) electrons. The van der Waals surface area contributed by atoms with Gasteiger partial charge in [0.2, 0.25) is 0 Å². The van der Waals surface area contributed by atoms with Gasteiger partial charge in [-0.1, -0.05) is 17.7 Å². The Balaban J connectivity index is 2.36. The minimum atomic E-state index is -0.555. The summed E-state index contributed by atoms with van der Waals surface area (Å²) in [4.78, 5) is 4.24.